The summed E-state index contributed by atoms with van der Waals surface area (Å²) in [7, 11) is -1.50. The molecule has 0 fully saturated rings. The van der Waals surface area contributed by atoms with Crippen molar-refractivity contribution >= 4 is 9.84 Å². The number of benzene rings is 1. The first-order valence-corrected chi connectivity index (χ1v) is 9.30. The first kappa shape index (κ1) is 18.1. The van der Waals surface area contributed by atoms with E-state index >= 15 is 0 Å². The molecule has 0 saturated heterocycles. The summed E-state index contributed by atoms with van der Waals surface area (Å²) in [4.78, 5) is 0. The summed E-state index contributed by atoms with van der Waals surface area (Å²) in [5, 5.41) is 3.36. The van der Waals surface area contributed by atoms with Crippen LogP contribution in [0.5, 0.6) is 0 Å². The molecule has 120 valence electrons. The smallest absolute Gasteiger partial charge is 0.152 e. The van der Waals surface area contributed by atoms with Gasteiger partial charge in [-0.05, 0) is 37.4 Å². The molecule has 1 rings (SSSR count). The molecule has 1 aromatic rings. The highest BCUT2D eigenvalue weighted by Gasteiger charge is 2.21. The molecular formula is C16H27NO3S. The Bertz CT molecular complexity index is 514. The lowest BCUT2D eigenvalue weighted by atomic mass is 10.0. The van der Waals surface area contributed by atoms with E-state index in [1.807, 2.05) is 31.2 Å². The average Bonchev–Trinajstić information content (AvgIpc) is 2.44. The van der Waals surface area contributed by atoms with Gasteiger partial charge in [-0.25, -0.2) is 8.42 Å². The summed E-state index contributed by atoms with van der Waals surface area (Å²) in [6.07, 6.45) is 1.53. The highest BCUT2D eigenvalue weighted by atomic mass is 32.2. The van der Waals surface area contributed by atoms with Crippen molar-refractivity contribution in [1.82, 2.24) is 5.32 Å². The van der Waals surface area contributed by atoms with Crippen molar-refractivity contribution in [3.63, 3.8) is 0 Å². The van der Waals surface area contributed by atoms with Crippen LogP contribution >= 0.6 is 0 Å². The Balaban J connectivity index is 2.81. The molecule has 0 aliphatic heterocycles. The maximum atomic E-state index is 12.3. The third-order valence-electron chi connectivity index (χ3n) is 3.43. The topological polar surface area (TPSA) is 55.4 Å². The molecule has 0 bridgehead atoms. The molecule has 0 saturated carbocycles. The quantitative estimate of drug-likeness (QED) is 0.674. The highest BCUT2D eigenvalue weighted by molar-refractivity contribution is 7.91. The maximum Gasteiger partial charge on any atom is 0.152 e. The summed E-state index contributed by atoms with van der Waals surface area (Å²) in [5.41, 5.74) is 2.19. The third-order valence-corrected chi connectivity index (χ3v) is 5.18. The molecule has 1 unspecified atom stereocenters. The predicted octanol–water partition coefficient (Wildman–Crippen LogP) is 2.49. The molecule has 1 atom stereocenters. The second-order valence-corrected chi connectivity index (χ2v) is 7.55. The first-order chi connectivity index (χ1) is 10.00. The summed E-state index contributed by atoms with van der Waals surface area (Å²) in [6.45, 7) is 5.39. The predicted molar refractivity (Wildman–Crippen MR) is 87.4 cm³/mol. The van der Waals surface area contributed by atoms with Crippen LogP contribution in [0.2, 0.25) is 0 Å². The highest BCUT2D eigenvalue weighted by Crippen LogP contribution is 2.20. The standard InChI is InChI=1S/C16H27NO3S/c1-4-10-17-16(15-9-6-5-8-14(15)2)13-21(18,19)12-7-11-20-3/h5-6,8-9,16-17H,4,7,10-13H2,1-3H3. The van der Waals surface area contributed by atoms with Gasteiger partial charge in [0, 0.05) is 19.8 Å². The number of sulfone groups is 1. The van der Waals surface area contributed by atoms with Gasteiger partial charge in [0.05, 0.1) is 11.5 Å². The molecule has 0 radical (unpaired) electrons. The van der Waals surface area contributed by atoms with Crippen molar-refractivity contribution in [2.24, 2.45) is 0 Å². The Hall–Kier alpha value is -0.910. The van der Waals surface area contributed by atoms with E-state index in [4.69, 9.17) is 4.74 Å². The summed E-state index contributed by atoms with van der Waals surface area (Å²) in [6, 6.07) is 7.82. The van der Waals surface area contributed by atoms with Crippen molar-refractivity contribution in [3.05, 3.63) is 35.4 Å². The monoisotopic (exact) mass is 313 g/mol. The van der Waals surface area contributed by atoms with Gasteiger partial charge < -0.3 is 10.1 Å². The largest absolute Gasteiger partial charge is 0.385 e. The summed E-state index contributed by atoms with van der Waals surface area (Å²) in [5.74, 6) is 0.318. The molecular weight excluding hydrogens is 286 g/mol. The molecule has 1 aromatic carbocycles. The molecule has 0 aliphatic carbocycles. The van der Waals surface area contributed by atoms with Crippen molar-refractivity contribution in [3.8, 4) is 0 Å². The molecule has 1 N–H and O–H groups in total. The van der Waals surface area contributed by atoms with Crippen molar-refractivity contribution in [2.45, 2.75) is 32.7 Å². The Kier molecular flexibility index (Phi) is 7.93. The van der Waals surface area contributed by atoms with E-state index in [2.05, 4.69) is 12.2 Å². The van der Waals surface area contributed by atoms with Gasteiger partial charge in [0.1, 0.15) is 0 Å². The molecule has 0 aliphatic rings. The molecule has 0 amide bonds. The number of aryl methyl sites for hydroxylation is 1. The lowest BCUT2D eigenvalue weighted by molar-refractivity contribution is 0.199. The van der Waals surface area contributed by atoms with Crippen LogP contribution in [-0.4, -0.2) is 40.2 Å². The lowest BCUT2D eigenvalue weighted by Gasteiger charge is -2.21. The summed E-state index contributed by atoms with van der Waals surface area (Å²) >= 11 is 0. The van der Waals surface area contributed by atoms with E-state index in [0.29, 0.717) is 13.0 Å². The van der Waals surface area contributed by atoms with Crippen molar-refractivity contribution in [1.29, 1.82) is 0 Å². The van der Waals surface area contributed by atoms with E-state index in [-0.39, 0.29) is 17.5 Å². The molecule has 0 heterocycles. The van der Waals surface area contributed by atoms with Gasteiger partial charge in [-0.1, -0.05) is 31.2 Å². The summed E-state index contributed by atoms with van der Waals surface area (Å²) < 4.78 is 29.5. The van der Waals surface area contributed by atoms with Crippen LogP contribution in [0.4, 0.5) is 0 Å². The Labute approximate surface area is 128 Å². The fraction of sp³-hybridized carbons (Fsp3) is 0.625. The van der Waals surface area contributed by atoms with Crippen molar-refractivity contribution < 1.29 is 13.2 Å². The molecule has 21 heavy (non-hydrogen) atoms. The second kappa shape index (κ2) is 9.18. The SMILES string of the molecule is CCCNC(CS(=O)(=O)CCCOC)c1ccccc1C. The number of methoxy groups -OCH3 is 1. The molecule has 4 nitrogen and oxygen atoms in total. The zero-order chi connectivity index (χ0) is 15.7. The number of hydrogen-bond acceptors (Lipinski definition) is 4. The minimum Gasteiger partial charge on any atom is -0.385 e. The Morgan fingerprint density at radius 3 is 2.62 bits per heavy atom. The first-order valence-electron chi connectivity index (χ1n) is 7.48. The number of rotatable bonds is 10. The normalized spacial score (nSPS) is 13.3. The second-order valence-electron chi connectivity index (χ2n) is 5.32. The minimum absolute atomic E-state index is 0.140. The average molecular weight is 313 g/mol. The number of ether oxygens (including phenoxy) is 1. The van der Waals surface area contributed by atoms with Crippen LogP contribution in [0.1, 0.15) is 36.9 Å². The number of hydrogen-bond donors (Lipinski definition) is 1. The number of nitrogens with one attached hydrogen (secondary N) is 1. The van der Waals surface area contributed by atoms with Crippen molar-refractivity contribution in [2.75, 3.05) is 31.8 Å². The lowest BCUT2D eigenvalue weighted by Crippen LogP contribution is -2.30. The van der Waals surface area contributed by atoms with Gasteiger partial charge in [-0.3, -0.25) is 0 Å². The Morgan fingerprint density at radius 1 is 1.29 bits per heavy atom. The van der Waals surface area contributed by atoms with E-state index in [0.717, 1.165) is 24.1 Å². The van der Waals surface area contributed by atoms with Gasteiger partial charge in [0.2, 0.25) is 0 Å². The van der Waals surface area contributed by atoms with Crippen LogP contribution in [-0.2, 0) is 14.6 Å². The third kappa shape index (κ3) is 6.59. The van der Waals surface area contributed by atoms with Gasteiger partial charge in [-0.2, -0.15) is 0 Å². The fourth-order valence-electron chi connectivity index (χ4n) is 2.32. The van der Waals surface area contributed by atoms with Gasteiger partial charge >= 0.3 is 0 Å². The zero-order valence-electron chi connectivity index (χ0n) is 13.3. The van der Waals surface area contributed by atoms with Crippen LogP contribution < -0.4 is 5.32 Å². The minimum atomic E-state index is -3.09. The maximum absolute atomic E-state index is 12.3. The van der Waals surface area contributed by atoms with E-state index in [9.17, 15) is 8.42 Å². The fourth-order valence-corrected chi connectivity index (χ4v) is 3.85. The van der Waals surface area contributed by atoms with Gasteiger partial charge in [-0.15, -0.1) is 0 Å². The van der Waals surface area contributed by atoms with E-state index in [1.54, 1.807) is 7.11 Å². The van der Waals surface area contributed by atoms with Gasteiger partial charge in [0.15, 0.2) is 9.84 Å². The molecule has 0 spiro atoms. The van der Waals surface area contributed by atoms with Crippen LogP contribution in [0, 0.1) is 6.92 Å². The van der Waals surface area contributed by atoms with Gasteiger partial charge in [0.25, 0.3) is 0 Å². The van der Waals surface area contributed by atoms with Crippen LogP contribution in [0.15, 0.2) is 24.3 Å². The van der Waals surface area contributed by atoms with E-state index < -0.39 is 9.84 Å². The van der Waals surface area contributed by atoms with E-state index in [1.165, 1.54) is 0 Å². The zero-order valence-corrected chi connectivity index (χ0v) is 14.1. The molecule has 5 heteroatoms. The van der Waals surface area contributed by atoms with Crippen LogP contribution in [0.3, 0.4) is 0 Å². The Morgan fingerprint density at radius 2 is 2.00 bits per heavy atom. The molecule has 0 aromatic heterocycles. The van der Waals surface area contributed by atoms with Crippen LogP contribution in [0.25, 0.3) is 0 Å².